The highest BCUT2D eigenvalue weighted by molar-refractivity contribution is 7.92. The molecule has 154 valence electrons. The highest BCUT2D eigenvalue weighted by atomic mass is 32.2. The van der Waals surface area contributed by atoms with Crippen LogP contribution in [0.1, 0.15) is 13.8 Å². The summed E-state index contributed by atoms with van der Waals surface area (Å²) in [7, 11) is -3.70. The Morgan fingerprint density at radius 1 is 0.900 bits per heavy atom. The topological polar surface area (TPSA) is 77.1 Å². The van der Waals surface area contributed by atoms with Crippen LogP contribution in [0.25, 0.3) is 22.0 Å². The third kappa shape index (κ3) is 4.40. The molecule has 3 N–H and O–H groups in total. The molecule has 0 fully saturated rings. The van der Waals surface area contributed by atoms with E-state index >= 15 is 0 Å². The summed E-state index contributed by atoms with van der Waals surface area (Å²) < 4.78 is 30.5. The van der Waals surface area contributed by atoms with E-state index in [2.05, 4.69) is 4.72 Å². The molecule has 4 rings (SSSR count). The molecule has 0 unspecified atom stereocenters. The lowest BCUT2D eigenvalue weighted by molar-refractivity contribution is 0.441. The molecule has 1 heterocycles. The van der Waals surface area contributed by atoms with Crippen LogP contribution >= 0.6 is 0 Å². The Bertz CT molecular complexity index is 1270. The van der Waals surface area contributed by atoms with Crippen LogP contribution in [0.15, 0.2) is 90.0 Å². The van der Waals surface area contributed by atoms with Gasteiger partial charge in [0.2, 0.25) is 0 Å². The molecule has 3 aromatic carbocycles. The van der Waals surface area contributed by atoms with Gasteiger partial charge in [-0.2, -0.15) is 0 Å². The van der Waals surface area contributed by atoms with E-state index in [0.717, 1.165) is 22.0 Å². The molecule has 0 saturated carbocycles. The van der Waals surface area contributed by atoms with Crippen molar-refractivity contribution in [1.29, 1.82) is 0 Å². The fourth-order valence-corrected chi connectivity index (χ4v) is 4.55. The van der Waals surface area contributed by atoms with E-state index in [0.29, 0.717) is 12.2 Å². The van der Waals surface area contributed by atoms with Crippen molar-refractivity contribution in [2.45, 2.75) is 30.8 Å². The van der Waals surface area contributed by atoms with Crippen molar-refractivity contribution in [2.75, 3.05) is 4.72 Å². The second-order valence-electron chi connectivity index (χ2n) is 8.20. The smallest absolute Gasteiger partial charge is 0.261 e. The Hall–Kier alpha value is -3.09. The minimum Gasteiger partial charge on any atom is -0.346 e. The standard InChI is InChI=1S/C24H25N3O2S/c1-24(2,25)17-27-15-14-20-8-11-21(16-23(20)27)26-30(28,29)22-12-9-19(10-13-22)18-6-4-3-5-7-18/h3-16,26H,17,25H2,1-2H3. The normalized spacial score (nSPS) is 12.2. The van der Waals surface area contributed by atoms with Crippen LogP contribution in [0.3, 0.4) is 0 Å². The van der Waals surface area contributed by atoms with Crippen molar-refractivity contribution in [3.8, 4) is 11.1 Å². The second-order valence-corrected chi connectivity index (χ2v) is 9.88. The van der Waals surface area contributed by atoms with Gasteiger partial charge in [0, 0.05) is 18.3 Å². The van der Waals surface area contributed by atoms with Crippen LogP contribution < -0.4 is 10.5 Å². The molecule has 1 aromatic heterocycles. The summed E-state index contributed by atoms with van der Waals surface area (Å²) in [6, 6.07) is 24.3. The van der Waals surface area contributed by atoms with Gasteiger partial charge >= 0.3 is 0 Å². The summed E-state index contributed by atoms with van der Waals surface area (Å²) in [5.41, 5.74) is 9.25. The first-order valence-corrected chi connectivity index (χ1v) is 11.3. The Morgan fingerprint density at radius 2 is 1.57 bits per heavy atom. The highest BCUT2D eigenvalue weighted by Gasteiger charge is 2.16. The summed E-state index contributed by atoms with van der Waals surface area (Å²) in [6.45, 7) is 4.56. The fraction of sp³-hybridized carbons (Fsp3) is 0.167. The summed E-state index contributed by atoms with van der Waals surface area (Å²) in [5.74, 6) is 0. The van der Waals surface area contributed by atoms with Crippen LogP contribution in [0, 0.1) is 0 Å². The van der Waals surface area contributed by atoms with E-state index in [4.69, 9.17) is 5.73 Å². The number of nitrogens with zero attached hydrogens (tertiary/aromatic N) is 1. The predicted molar refractivity (Wildman–Crippen MR) is 123 cm³/mol. The van der Waals surface area contributed by atoms with Crippen molar-refractivity contribution in [2.24, 2.45) is 5.73 Å². The zero-order valence-corrected chi connectivity index (χ0v) is 17.9. The molecule has 0 spiro atoms. The second kappa shape index (κ2) is 7.63. The SMILES string of the molecule is CC(C)(N)Cn1ccc2ccc(NS(=O)(=O)c3ccc(-c4ccccc4)cc3)cc21. The van der Waals surface area contributed by atoms with E-state index in [1.807, 2.05) is 85.3 Å². The Morgan fingerprint density at radius 3 is 2.23 bits per heavy atom. The molecule has 4 aromatic rings. The third-order valence-corrected chi connectivity index (χ3v) is 6.27. The minimum absolute atomic E-state index is 0.223. The molecule has 5 nitrogen and oxygen atoms in total. The maximum atomic E-state index is 12.9. The van der Waals surface area contributed by atoms with Gasteiger partial charge < -0.3 is 10.3 Å². The number of fused-ring (bicyclic) bond motifs is 1. The Labute approximate surface area is 177 Å². The number of rotatable bonds is 6. The van der Waals surface area contributed by atoms with Gasteiger partial charge in [-0.25, -0.2) is 8.42 Å². The third-order valence-electron chi connectivity index (χ3n) is 4.88. The number of hydrogen-bond acceptors (Lipinski definition) is 3. The molecule has 0 aliphatic carbocycles. The number of nitrogens with one attached hydrogen (secondary N) is 1. The average molecular weight is 420 g/mol. The monoisotopic (exact) mass is 419 g/mol. The molecule has 30 heavy (non-hydrogen) atoms. The summed E-state index contributed by atoms with van der Waals surface area (Å²) >= 11 is 0. The molecule has 0 aliphatic rings. The van der Waals surface area contributed by atoms with Crippen molar-refractivity contribution >= 4 is 26.6 Å². The molecule has 0 amide bonds. The predicted octanol–water partition coefficient (Wildman–Crippen LogP) is 4.85. The van der Waals surface area contributed by atoms with E-state index in [9.17, 15) is 8.42 Å². The zero-order valence-electron chi connectivity index (χ0n) is 17.0. The quantitative estimate of drug-likeness (QED) is 0.469. The maximum Gasteiger partial charge on any atom is 0.261 e. The van der Waals surface area contributed by atoms with Crippen LogP contribution in [0.5, 0.6) is 0 Å². The maximum absolute atomic E-state index is 12.9. The van der Waals surface area contributed by atoms with Gasteiger partial charge in [-0.05, 0) is 60.7 Å². The number of sulfonamides is 1. The summed E-state index contributed by atoms with van der Waals surface area (Å²) in [6.07, 6.45) is 1.97. The molecule has 0 saturated heterocycles. The fourth-order valence-electron chi connectivity index (χ4n) is 3.50. The largest absolute Gasteiger partial charge is 0.346 e. The van der Waals surface area contributed by atoms with Gasteiger partial charge in [0.05, 0.1) is 16.1 Å². The van der Waals surface area contributed by atoms with Crippen LogP contribution in [-0.2, 0) is 16.6 Å². The molecule has 0 aliphatic heterocycles. The van der Waals surface area contributed by atoms with Gasteiger partial charge in [-0.15, -0.1) is 0 Å². The van der Waals surface area contributed by atoms with E-state index in [-0.39, 0.29) is 10.4 Å². The summed E-state index contributed by atoms with van der Waals surface area (Å²) in [5, 5.41) is 1.04. The Kier molecular flexibility index (Phi) is 5.13. The van der Waals surface area contributed by atoms with E-state index in [1.165, 1.54) is 0 Å². The lowest BCUT2D eigenvalue weighted by Gasteiger charge is -2.20. The lowest BCUT2D eigenvalue weighted by Crippen LogP contribution is -2.36. The first-order chi connectivity index (χ1) is 14.2. The molecule has 0 bridgehead atoms. The molecular formula is C24H25N3O2S. The lowest BCUT2D eigenvalue weighted by atomic mass is 10.1. The number of nitrogens with two attached hydrogens (primary N) is 1. The molecule has 0 atom stereocenters. The van der Waals surface area contributed by atoms with Crippen LogP contribution in [0.2, 0.25) is 0 Å². The number of benzene rings is 3. The number of anilines is 1. The average Bonchev–Trinajstić information content (AvgIpc) is 3.09. The summed E-state index contributed by atoms with van der Waals surface area (Å²) in [4.78, 5) is 0.223. The van der Waals surface area contributed by atoms with Crippen LogP contribution in [-0.4, -0.2) is 18.5 Å². The first-order valence-electron chi connectivity index (χ1n) is 9.77. The van der Waals surface area contributed by atoms with Gasteiger partial charge in [-0.3, -0.25) is 4.72 Å². The molecular weight excluding hydrogens is 394 g/mol. The van der Waals surface area contributed by atoms with Gasteiger partial charge in [0.25, 0.3) is 10.0 Å². The number of hydrogen-bond donors (Lipinski definition) is 2. The van der Waals surface area contributed by atoms with Crippen molar-refractivity contribution in [3.05, 3.63) is 85.1 Å². The van der Waals surface area contributed by atoms with E-state index in [1.54, 1.807) is 18.2 Å². The molecule has 6 heteroatoms. The highest BCUT2D eigenvalue weighted by Crippen LogP contribution is 2.25. The van der Waals surface area contributed by atoms with E-state index < -0.39 is 10.0 Å². The van der Waals surface area contributed by atoms with Gasteiger partial charge in [-0.1, -0.05) is 48.5 Å². The van der Waals surface area contributed by atoms with Crippen molar-refractivity contribution in [1.82, 2.24) is 4.57 Å². The van der Waals surface area contributed by atoms with Gasteiger partial charge in [0.15, 0.2) is 0 Å². The minimum atomic E-state index is -3.70. The molecule has 0 radical (unpaired) electrons. The first kappa shape index (κ1) is 20.2. The van der Waals surface area contributed by atoms with Crippen molar-refractivity contribution in [3.63, 3.8) is 0 Å². The van der Waals surface area contributed by atoms with Crippen molar-refractivity contribution < 1.29 is 8.42 Å². The Balaban J connectivity index is 1.60. The van der Waals surface area contributed by atoms with Crippen LogP contribution in [0.4, 0.5) is 5.69 Å². The zero-order chi connectivity index (χ0) is 21.4. The number of aromatic nitrogens is 1. The van der Waals surface area contributed by atoms with Gasteiger partial charge in [0.1, 0.15) is 0 Å².